The SMILES string of the molecule is NCC1CCCCC1Cn1c(O)c2c(c1O)C1CCC2C1. The van der Waals surface area contributed by atoms with E-state index >= 15 is 0 Å². The van der Waals surface area contributed by atoms with E-state index in [9.17, 15) is 10.2 Å². The summed E-state index contributed by atoms with van der Waals surface area (Å²) in [6.45, 7) is 1.45. The van der Waals surface area contributed by atoms with Crippen LogP contribution >= 0.6 is 0 Å². The molecule has 0 radical (unpaired) electrons. The van der Waals surface area contributed by atoms with Crippen molar-refractivity contribution in [1.29, 1.82) is 0 Å². The van der Waals surface area contributed by atoms with Gasteiger partial charge in [0, 0.05) is 17.7 Å². The minimum Gasteiger partial charge on any atom is -0.494 e. The zero-order valence-corrected chi connectivity index (χ0v) is 12.6. The number of rotatable bonds is 3. The number of aromatic hydroxyl groups is 2. The first-order valence-electron chi connectivity index (χ1n) is 8.55. The lowest BCUT2D eigenvalue weighted by Gasteiger charge is -2.31. The van der Waals surface area contributed by atoms with E-state index in [0.29, 0.717) is 35.4 Å². The van der Waals surface area contributed by atoms with Gasteiger partial charge < -0.3 is 15.9 Å². The van der Waals surface area contributed by atoms with Crippen LogP contribution in [0, 0.1) is 11.8 Å². The van der Waals surface area contributed by atoms with Gasteiger partial charge in [0.15, 0.2) is 11.8 Å². The lowest BCUT2D eigenvalue weighted by atomic mass is 9.79. The van der Waals surface area contributed by atoms with Crippen LogP contribution in [0.2, 0.25) is 0 Å². The van der Waals surface area contributed by atoms with Crippen molar-refractivity contribution in [2.45, 2.75) is 63.3 Å². The lowest BCUT2D eigenvalue weighted by molar-refractivity contribution is 0.203. The van der Waals surface area contributed by atoms with Crippen molar-refractivity contribution in [2.75, 3.05) is 6.54 Å². The Balaban J connectivity index is 1.64. The second-order valence-electron chi connectivity index (χ2n) is 7.33. The van der Waals surface area contributed by atoms with Gasteiger partial charge in [-0.2, -0.15) is 0 Å². The molecule has 4 rings (SSSR count). The first-order valence-corrected chi connectivity index (χ1v) is 8.55. The second kappa shape index (κ2) is 4.94. The highest BCUT2D eigenvalue weighted by Gasteiger charge is 2.44. The first kappa shape index (κ1) is 13.5. The molecule has 1 aromatic rings. The number of fused-ring (bicyclic) bond motifs is 5. The fraction of sp³-hybridized carbons (Fsp3) is 0.765. The van der Waals surface area contributed by atoms with E-state index in [1.54, 1.807) is 4.57 Å². The molecule has 4 unspecified atom stereocenters. The molecule has 0 aliphatic heterocycles. The van der Waals surface area contributed by atoms with Crippen LogP contribution in [0.5, 0.6) is 11.8 Å². The quantitative estimate of drug-likeness (QED) is 0.801. The minimum absolute atomic E-state index is 0.344. The maximum Gasteiger partial charge on any atom is 0.197 e. The predicted molar refractivity (Wildman–Crippen MR) is 81.6 cm³/mol. The number of nitrogens with two attached hydrogens (primary N) is 1. The van der Waals surface area contributed by atoms with Gasteiger partial charge in [0.1, 0.15) is 0 Å². The molecule has 0 spiro atoms. The van der Waals surface area contributed by atoms with E-state index in [2.05, 4.69) is 0 Å². The maximum atomic E-state index is 10.6. The largest absolute Gasteiger partial charge is 0.494 e. The normalized spacial score (nSPS) is 34.3. The van der Waals surface area contributed by atoms with E-state index in [-0.39, 0.29) is 0 Å². The number of hydrogen-bond donors (Lipinski definition) is 3. The molecule has 0 aromatic carbocycles. The van der Waals surface area contributed by atoms with Crippen LogP contribution in [0.1, 0.15) is 67.9 Å². The van der Waals surface area contributed by atoms with Crippen molar-refractivity contribution in [3.8, 4) is 11.8 Å². The summed E-state index contributed by atoms with van der Waals surface area (Å²) in [5, 5.41) is 21.2. The topological polar surface area (TPSA) is 71.4 Å². The molecule has 4 atom stereocenters. The first-order chi connectivity index (χ1) is 10.2. The summed E-state index contributed by atoms with van der Waals surface area (Å²) < 4.78 is 1.79. The Kier molecular flexibility index (Phi) is 3.18. The van der Waals surface area contributed by atoms with Crippen LogP contribution in [0.4, 0.5) is 0 Å². The van der Waals surface area contributed by atoms with Crippen LogP contribution in [-0.2, 0) is 6.54 Å². The monoisotopic (exact) mass is 290 g/mol. The highest BCUT2D eigenvalue weighted by atomic mass is 16.3. The van der Waals surface area contributed by atoms with E-state index in [1.165, 1.54) is 32.1 Å². The second-order valence-corrected chi connectivity index (χ2v) is 7.33. The Morgan fingerprint density at radius 3 is 2.05 bits per heavy atom. The van der Waals surface area contributed by atoms with Gasteiger partial charge in [-0.1, -0.05) is 12.8 Å². The summed E-state index contributed by atoms with van der Waals surface area (Å²) in [6.07, 6.45) is 8.33. The zero-order chi connectivity index (χ0) is 14.6. The minimum atomic E-state index is 0.344. The van der Waals surface area contributed by atoms with Crippen molar-refractivity contribution in [3.05, 3.63) is 11.1 Å². The lowest BCUT2D eigenvalue weighted by Crippen LogP contribution is -2.29. The summed E-state index contributed by atoms with van der Waals surface area (Å²) in [4.78, 5) is 0. The van der Waals surface area contributed by atoms with Gasteiger partial charge in [0.2, 0.25) is 0 Å². The molecule has 1 heterocycles. The van der Waals surface area contributed by atoms with Crippen molar-refractivity contribution >= 4 is 0 Å². The van der Waals surface area contributed by atoms with E-state index < -0.39 is 0 Å². The van der Waals surface area contributed by atoms with Crippen LogP contribution in [0.25, 0.3) is 0 Å². The molecule has 3 aliphatic carbocycles. The third kappa shape index (κ3) is 1.91. The predicted octanol–water partition coefficient (Wildman–Crippen LogP) is 3.03. The summed E-state index contributed by atoms with van der Waals surface area (Å²) in [5.41, 5.74) is 8.03. The van der Waals surface area contributed by atoms with E-state index in [1.807, 2.05) is 0 Å². The van der Waals surface area contributed by atoms with E-state index in [0.717, 1.165) is 37.1 Å². The molecular weight excluding hydrogens is 264 g/mol. The van der Waals surface area contributed by atoms with Gasteiger partial charge in [-0.25, -0.2) is 0 Å². The highest BCUT2D eigenvalue weighted by molar-refractivity contribution is 5.54. The van der Waals surface area contributed by atoms with Gasteiger partial charge in [-0.3, -0.25) is 4.57 Å². The van der Waals surface area contributed by atoms with Crippen LogP contribution < -0.4 is 5.73 Å². The molecule has 4 nitrogen and oxygen atoms in total. The molecule has 0 saturated heterocycles. The average Bonchev–Trinajstić information content (AvgIpc) is 3.17. The van der Waals surface area contributed by atoms with Gasteiger partial charge in [-0.15, -0.1) is 0 Å². The molecular formula is C17H26N2O2. The summed E-state index contributed by atoms with van der Waals surface area (Å²) in [5.74, 6) is 2.67. The Bertz CT molecular complexity index is 518. The summed E-state index contributed by atoms with van der Waals surface area (Å²) in [7, 11) is 0. The zero-order valence-electron chi connectivity index (χ0n) is 12.6. The fourth-order valence-corrected chi connectivity index (χ4v) is 5.19. The molecule has 0 amide bonds. The Morgan fingerprint density at radius 1 is 0.905 bits per heavy atom. The van der Waals surface area contributed by atoms with Crippen molar-refractivity contribution < 1.29 is 10.2 Å². The highest BCUT2D eigenvalue weighted by Crippen LogP contribution is 2.60. The van der Waals surface area contributed by atoms with Gasteiger partial charge in [0.25, 0.3) is 0 Å². The summed E-state index contributed by atoms with van der Waals surface area (Å²) in [6, 6.07) is 0. The average molecular weight is 290 g/mol. The van der Waals surface area contributed by atoms with Crippen molar-refractivity contribution in [1.82, 2.24) is 4.57 Å². The molecule has 4 N–H and O–H groups in total. The molecule has 2 saturated carbocycles. The van der Waals surface area contributed by atoms with Crippen molar-refractivity contribution in [3.63, 3.8) is 0 Å². The number of nitrogens with zero attached hydrogens (tertiary/aromatic N) is 1. The molecule has 4 heteroatoms. The molecule has 1 aromatic heterocycles. The third-order valence-corrected chi connectivity index (χ3v) is 6.32. The molecule has 21 heavy (non-hydrogen) atoms. The van der Waals surface area contributed by atoms with Crippen LogP contribution in [-0.4, -0.2) is 21.3 Å². The molecule has 116 valence electrons. The maximum absolute atomic E-state index is 10.6. The Hall–Kier alpha value is -1.16. The molecule has 2 bridgehead atoms. The smallest absolute Gasteiger partial charge is 0.197 e. The standard InChI is InChI=1S/C17H26N2O2/c18-8-12-3-1-2-4-13(12)9-19-16(20)14-10-5-6-11(7-10)15(14)17(19)21/h10-13,20-21H,1-9,18H2. The number of aromatic nitrogens is 1. The summed E-state index contributed by atoms with van der Waals surface area (Å²) >= 11 is 0. The fourth-order valence-electron chi connectivity index (χ4n) is 5.19. The van der Waals surface area contributed by atoms with Gasteiger partial charge in [-0.05, 0) is 62.3 Å². The Labute approximate surface area is 126 Å². The number of hydrogen-bond acceptors (Lipinski definition) is 3. The van der Waals surface area contributed by atoms with E-state index in [4.69, 9.17) is 5.73 Å². The molecule has 3 aliphatic rings. The van der Waals surface area contributed by atoms with Gasteiger partial charge in [0.05, 0.1) is 0 Å². The van der Waals surface area contributed by atoms with Crippen LogP contribution in [0.15, 0.2) is 0 Å². The third-order valence-electron chi connectivity index (χ3n) is 6.32. The Morgan fingerprint density at radius 2 is 1.48 bits per heavy atom. The van der Waals surface area contributed by atoms with Crippen LogP contribution in [0.3, 0.4) is 0 Å². The molecule has 2 fully saturated rings. The van der Waals surface area contributed by atoms with Crippen molar-refractivity contribution in [2.24, 2.45) is 17.6 Å². The van der Waals surface area contributed by atoms with Gasteiger partial charge >= 0.3 is 0 Å².